The Balaban J connectivity index is 2.36. The highest BCUT2D eigenvalue weighted by molar-refractivity contribution is 7.83. The smallest absolute Gasteiger partial charge is 0.444 e. The van der Waals surface area contributed by atoms with Crippen molar-refractivity contribution in [2.24, 2.45) is 11.3 Å². The van der Waals surface area contributed by atoms with E-state index in [9.17, 15) is 41.4 Å². The maximum Gasteiger partial charge on any atom is 0.471 e. The van der Waals surface area contributed by atoms with Gasteiger partial charge < -0.3 is 20.3 Å². The summed E-state index contributed by atoms with van der Waals surface area (Å²) in [5, 5.41) is 4.71. The Kier molecular flexibility index (Phi) is 16.3. The molecule has 0 aliphatic heterocycles. The van der Waals surface area contributed by atoms with Crippen LogP contribution in [0.3, 0.4) is 0 Å². The van der Waals surface area contributed by atoms with Crippen molar-refractivity contribution in [1.82, 2.24) is 25.2 Å². The average Bonchev–Trinajstić information content (AvgIpc) is 3.09. The summed E-state index contributed by atoms with van der Waals surface area (Å²) in [5.74, 6) is -4.04. The zero-order chi connectivity index (χ0) is 43.8. The third-order valence-electron chi connectivity index (χ3n) is 9.21. The van der Waals surface area contributed by atoms with E-state index in [1.54, 1.807) is 60.0 Å². The molecule has 0 saturated carbocycles. The first-order valence-corrected chi connectivity index (χ1v) is 19.6. The van der Waals surface area contributed by atoms with Gasteiger partial charge in [-0.1, -0.05) is 97.0 Å². The predicted molar refractivity (Wildman–Crippen MR) is 213 cm³/mol. The number of hydrogen-bond donors (Lipinski definition) is 3. The first-order valence-electron chi connectivity index (χ1n) is 18.4. The van der Waals surface area contributed by atoms with E-state index in [4.69, 9.17) is 4.74 Å². The first kappa shape index (κ1) is 48.4. The van der Waals surface area contributed by atoms with Crippen LogP contribution in [-0.4, -0.2) is 87.7 Å². The van der Waals surface area contributed by atoms with Gasteiger partial charge >= 0.3 is 18.2 Å². The molecule has 1 unspecified atom stereocenters. The molecule has 0 aliphatic rings. The number of halogens is 3. The first-order chi connectivity index (χ1) is 26.0. The molecule has 0 radical (unpaired) electrons. The summed E-state index contributed by atoms with van der Waals surface area (Å²) in [5.41, 5.74) is -1.36. The molecule has 0 bridgehead atoms. The molecule has 2 rings (SSSR count). The van der Waals surface area contributed by atoms with Crippen molar-refractivity contribution in [3.63, 3.8) is 0 Å². The Morgan fingerprint density at radius 1 is 0.842 bits per heavy atom. The second kappa shape index (κ2) is 19.1. The van der Waals surface area contributed by atoms with Gasteiger partial charge in [0.05, 0.1) is 10.9 Å². The number of alkyl halides is 3. The van der Waals surface area contributed by atoms with Gasteiger partial charge in [0.2, 0.25) is 11.8 Å². The van der Waals surface area contributed by atoms with E-state index in [0.29, 0.717) is 5.56 Å². The van der Waals surface area contributed by atoms with Crippen molar-refractivity contribution in [3.8, 4) is 0 Å². The topological polar surface area (TPSA) is 154 Å². The van der Waals surface area contributed by atoms with Crippen molar-refractivity contribution in [2.45, 2.75) is 123 Å². The summed E-state index contributed by atoms with van der Waals surface area (Å²) < 4.78 is 58.5. The Morgan fingerprint density at radius 2 is 1.39 bits per heavy atom. The molecule has 2 aromatic carbocycles. The van der Waals surface area contributed by atoms with E-state index in [-0.39, 0.29) is 16.4 Å². The Bertz CT molecular complexity index is 1800. The number of hydrogen-bond acceptors (Lipinski definition) is 7. The monoisotopic (exact) mass is 821 g/mol. The molecule has 316 valence electrons. The number of carbonyl (C=O) groups is 5. The van der Waals surface area contributed by atoms with Crippen molar-refractivity contribution in [2.75, 3.05) is 14.1 Å². The van der Waals surface area contributed by atoms with Crippen molar-refractivity contribution >= 4 is 40.7 Å². The summed E-state index contributed by atoms with van der Waals surface area (Å²) in [7, 11) is 1.00. The Labute approximate surface area is 336 Å². The van der Waals surface area contributed by atoms with Gasteiger partial charge in [0.15, 0.2) is 11.0 Å². The van der Waals surface area contributed by atoms with Gasteiger partial charge in [-0.05, 0) is 62.3 Å². The Hall–Kier alpha value is -4.73. The zero-order valence-electron chi connectivity index (χ0n) is 35.1. The van der Waals surface area contributed by atoms with E-state index in [2.05, 4.69) is 10.0 Å². The predicted octanol–water partition coefficient (Wildman–Crippen LogP) is 6.18. The van der Waals surface area contributed by atoms with Crippen LogP contribution in [0.2, 0.25) is 0 Å². The van der Waals surface area contributed by atoms with E-state index in [0.717, 1.165) is 5.56 Å². The van der Waals surface area contributed by atoms with Gasteiger partial charge in [-0.3, -0.25) is 28.8 Å². The van der Waals surface area contributed by atoms with Crippen molar-refractivity contribution in [1.29, 1.82) is 0 Å². The van der Waals surface area contributed by atoms with Crippen LogP contribution >= 0.6 is 0 Å². The fourth-order valence-electron chi connectivity index (χ4n) is 5.99. The van der Waals surface area contributed by atoms with Gasteiger partial charge in [-0.15, -0.1) is 0 Å². The van der Waals surface area contributed by atoms with Crippen LogP contribution < -0.4 is 15.4 Å². The number of ether oxygens (including phenoxy) is 1. The molecule has 0 aliphatic carbocycles. The van der Waals surface area contributed by atoms with E-state index >= 15 is 0 Å². The van der Waals surface area contributed by atoms with Gasteiger partial charge in [0, 0.05) is 31.6 Å². The van der Waals surface area contributed by atoms with Crippen LogP contribution in [0.25, 0.3) is 0 Å². The van der Waals surface area contributed by atoms with E-state index < -0.39 is 88.0 Å². The molecule has 3 N–H and O–H groups in total. The molecule has 5 amide bonds. The molecule has 12 nitrogen and oxygen atoms in total. The van der Waals surface area contributed by atoms with Crippen LogP contribution in [0.1, 0.15) is 87.3 Å². The van der Waals surface area contributed by atoms with Crippen LogP contribution in [0.4, 0.5) is 18.0 Å². The highest BCUT2D eigenvalue weighted by atomic mass is 32.2. The number of amides is 5. The molecule has 0 spiro atoms. The molecular formula is C41H58F3N5O7S. The lowest BCUT2D eigenvalue weighted by Crippen LogP contribution is -2.63. The van der Waals surface area contributed by atoms with Gasteiger partial charge in [-0.2, -0.15) is 13.2 Å². The zero-order valence-corrected chi connectivity index (χ0v) is 35.9. The number of nitrogens with one attached hydrogen (secondary N) is 3. The van der Waals surface area contributed by atoms with Crippen LogP contribution in [0, 0.1) is 11.3 Å². The summed E-state index contributed by atoms with van der Waals surface area (Å²) in [6.07, 6.45) is -4.17. The second-order valence-corrected chi connectivity index (χ2v) is 18.2. The molecule has 0 aromatic heterocycles. The van der Waals surface area contributed by atoms with E-state index in [1.807, 2.05) is 58.0 Å². The summed E-state index contributed by atoms with van der Waals surface area (Å²) in [6.45, 7) is 19.1. The number of rotatable bonds is 14. The highest BCUT2D eigenvalue weighted by Gasteiger charge is 2.46. The molecule has 0 saturated heterocycles. The molecular weight excluding hydrogens is 764 g/mol. The lowest BCUT2D eigenvalue weighted by Gasteiger charge is -2.42. The molecule has 4 atom stereocenters. The highest BCUT2D eigenvalue weighted by Crippen LogP contribution is 2.32. The molecule has 2 aromatic rings. The minimum Gasteiger partial charge on any atom is -0.444 e. The number of carbonyl (C=O) groups excluding carboxylic acids is 5. The number of nitrogens with zero attached hydrogens (tertiary/aromatic N) is 2. The minimum absolute atomic E-state index is 0.146. The normalized spacial score (nSPS) is 14.8. The molecule has 57 heavy (non-hydrogen) atoms. The molecule has 0 fully saturated rings. The Morgan fingerprint density at radius 3 is 1.86 bits per heavy atom. The number of likely N-dealkylation sites (N-methyl/N-ethyl adjacent to an activating group) is 2. The summed E-state index contributed by atoms with van der Waals surface area (Å²) >= 11 is 0. The number of benzene rings is 2. The van der Waals surface area contributed by atoms with Gasteiger partial charge in [0.1, 0.15) is 17.7 Å². The van der Waals surface area contributed by atoms with E-state index in [1.165, 1.54) is 48.0 Å². The third-order valence-corrected chi connectivity index (χ3v) is 10.3. The van der Waals surface area contributed by atoms with Crippen molar-refractivity contribution in [3.05, 3.63) is 77.4 Å². The fraction of sp³-hybridized carbons (Fsp3) is 0.537. The molecule has 0 heterocycles. The van der Waals surface area contributed by atoms with Gasteiger partial charge in [0.25, 0.3) is 5.91 Å². The lowest BCUT2D eigenvalue weighted by atomic mass is 9.76. The molecule has 16 heteroatoms. The summed E-state index contributed by atoms with van der Waals surface area (Å²) in [4.78, 5) is 69.5. The van der Waals surface area contributed by atoms with Crippen LogP contribution in [0.15, 0.2) is 71.1 Å². The largest absolute Gasteiger partial charge is 0.471 e. The standard InChI is InChI=1S/C41H58F3N5O7S/c1-25(2)30(23-26(3)33(50)47-57(55)29-21-19-27(20-22-29)24-45-36(53)41(42,43)44)48(12)35(52)31(38(4,5)6)46-34(51)32(49(13)37(54)56-39(7,8)9)40(10,11)28-17-15-14-16-18-28/h14-23,25,30-32H,24H2,1-13H3,(H,45,53)(H,46,51)(H,47,50)/b26-23+/t30-,31-,32-,57?/m1/s1. The maximum absolute atomic E-state index is 14.5. The van der Waals surface area contributed by atoms with Crippen molar-refractivity contribution < 1.29 is 46.1 Å². The second-order valence-electron chi connectivity index (χ2n) is 16.9. The van der Waals surface area contributed by atoms with Gasteiger partial charge in [-0.25, -0.2) is 9.00 Å². The SMILES string of the molecule is C/C(=C\[C@H](C(C)C)N(C)C(=O)[C@@H](NC(=O)[C@@H](N(C)C(=O)OC(C)(C)C)C(C)(C)c1ccccc1)C(C)(C)C)C(=O)NS(=O)c1ccc(CNC(=O)C(F)(F)F)cc1. The van der Waals surface area contributed by atoms with Crippen LogP contribution in [-0.2, 0) is 46.9 Å². The third kappa shape index (κ3) is 13.7. The average molecular weight is 822 g/mol. The van der Waals surface area contributed by atoms with Crippen LogP contribution in [0.5, 0.6) is 0 Å². The summed E-state index contributed by atoms with van der Waals surface area (Å²) in [6, 6.07) is 11.8. The minimum atomic E-state index is -5.02. The quantitative estimate of drug-likeness (QED) is 0.193. The lowest BCUT2D eigenvalue weighted by molar-refractivity contribution is -0.173. The fourth-order valence-corrected chi connectivity index (χ4v) is 6.82. The maximum atomic E-state index is 14.5.